The Balaban J connectivity index is 2.05. The summed E-state index contributed by atoms with van der Waals surface area (Å²) in [5.74, 6) is 0. The SMILES string of the molecule is CCCNC1(c2nc(C)cs2)CC(OCC)C1. The molecule has 1 saturated carbocycles. The predicted octanol–water partition coefficient (Wildman–Crippen LogP) is 2.85. The van der Waals surface area contributed by atoms with Gasteiger partial charge in [-0.15, -0.1) is 11.3 Å². The van der Waals surface area contributed by atoms with E-state index in [1.807, 2.05) is 0 Å². The van der Waals surface area contributed by atoms with Crippen LogP contribution in [0.1, 0.15) is 43.8 Å². The summed E-state index contributed by atoms with van der Waals surface area (Å²) < 4.78 is 5.68. The normalized spacial score (nSPS) is 28.1. The Kier molecular flexibility index (Phi) is 4.17. The molecule has 96 valence electrons. The highest BCUT2D eigenvalue weighted by Gasteiger charge is 2.47. The van der Waals surface area contributed by atoms with Crippen LogP contribution in [0.4, 0.5) is 0 Å². The lowest BCUT2D eigenvalue weighted by Crippen LogP contribution is -2.55. The van der Waals surface area contributed by atoms with Gasteiger partial charge in [-0.25, -0.2) is 4.98 Å². The molecule has 1 aliphatic rings. The Morgan fingerprint density at radius 1 is 1.53 bits per heavy atom. The van der Waals surface area contributed by atoms with Gasteiger partial charge in [-0.05, 0) is 39.7 Å². The lowest BCUT2D eigenvalue weighted by molar-refractivity contribution is -0.0535. The van der Waals surface area contributed by atoms with Crippen LogP contribution in [0, 0.1) is 6.92 Å². The topological polar surface area (TPSA) is 34.2 Å². The summed E-state index contributed by atoms with van der Waals surface area (Å²) in [7, 11) is 0. The molecule has 1 N–H and O–H groups in total. The highest BCUT2D eigenvalue weighted by Crippen LogP contribution is 2.44. The van der Waals surface area contributed by atoms with Crippen LogP contribution < -0.4 is 5.32 Å². The molecule has 1 aromatic rings. The largest absolute Gasteiger partial charge is 0.378 e. The maximum Gasteiger partial charge on any atom is 0.113 e. The monoisotopic (exact) mass is 254 g/mol. The van der Waals surface area contributed by atoms with Crippen molar-refractivity contribution in [2.75, 3.05) is 13.2 Å². The van der Waals surface area contributed by atoms with E-state index in [-0.39, 0.29) is 5.54 Å². The Hall–Kier alpha value is -0.450. The average Bonchev–Trinajstić information content (AvgIpc) is 2.68. The molecular formula is C13H22N2OS. The molecule has 4 heteroatoms. The van der Waals surface area contributed by atoms with Gasteiger partial charge < -0.3 is 10.1 Å². The highest BCUT2D eigenvalue weighted by molar-refractivity contribution is 7.09. The van der Waals surface area contributed by atoms with Crippen molar-refractivity contribution in [1.29, 1.82) is 0 Å². The second-order valence-electron chi connectivity index (χ2n) is 4.79. The number of nitrogens with zero attached hydrogens (tertiary/aromatic N) is 1. The van der Waals surface area contributed by atoms with Crippen LogP contribution in [-0.2, 0) is 10.3 Å². The van der Waals surface area contributed by atoms with Gasteiger partial charge in [0, 0.05) is 17.7 Å². The molecule has 3 nitrogen and oxygen atoms in total. The van der Waals surface area contributed by atoms with Crippen molar-refractivity contribution in [3.05, 3.63) is 16.1 Å². The third-order valence-corrected chi connectivity index (χ3v) is 4.46. The van der Waals surface area contributed by atoms with Gasteiger partial charge in [-0.1, -0.05) is 6.92 Å². The number of rotatable bonds is 6. The minimum atomic E-state index is 0.0920. The number of hydrogen-bond donors (Lipinski definition) is 1. The average molecular weight is 254 g/mol. The zero-order valence-corrected chi connectivity index (χ0v) is 11.8. The third-order valence-electron chi connectivity index (χ3n) is 3.30. The second-order valence-corrected chi connectivity index (χ2v) is 5.65. The van der Waals surface area contributed by atoms with Crippen LogP contribution in [0.25, 0.3) is 0 Å². The molecule has 0 aliphatic heterocycles. The van der Waals surface area contributed by atoms with E-state index in [0.717, 1.165) is 38.1 Å². The predicted molar refractivity (Wildman–Crippen MR) is 71.5 cm³/mol. The maximum atomic E-state index is 5.68. The zero-order valence-electron chi connectivity index (χ0n) is 11.0. The van der Waals surface area contributed by atoms with Crippen molar-refractivity contribution in [3.8, 4) is 0 Å². The first-order valence-electron chi connectivity index (χ1n) is 6.49. The molecule has 0 atom stereocenters. The van der Waals surface area contributed by atoms with E-state index in [1.54, 1.807) is 11.3 Å². The molecule has 0 aromatic carbocycles. The third kappa shape index (κ3) is 2.69. The van der Waals surface area contributed by atoms with Gasteiger partial charge in [-0.2, -0.15) is 0 Å². The number of hydrogen-bond acceptors (Lipinski definition) is 4. The van der Waals surface area contributed by atoms with E-state index in [4.69, 9.17) is 4.74 Å². The fraction of sp³-hybridized carbons (Fsp3) is 0.769. The summed E-state index contributed by atoms with van der Waals surface area (Å²) in [5, 5.41) is 7.04. The fourth-order valence-corrected chi connectivity index (χ4v) is 3.40. The van der Waals surface area contributed by atoms with Crippen molar-refractivity contribution in [1.82, 2.24) is 10.3 Å². The summed E-state index contributed by atoms with van der Waals surface area (Å²) in [6.45, 7) is 8.19. The first kappa shape index (κ1) is 13.0. The molecule has 2 rings (SSSR count). The lowest BCUT2D eigenvalue weighted by atomic mass is 9.74. The molecular weight excluding hydrogens is 232 g/mol. The van der Waals surface area contributed by atoms with E-state index in [9.17, 15) is 0 Å². The lowest BCUT2D eigenvalue weighted by Gasteiger charge is -2.46. The number of aryl methyl sites for hydroxylation is 1. The summed E-state index contributed by atoms with van der Waals surface area (Å²) in [5.41, 5.74) is 1.22. The minimum Gasteiger partial charge on any atom is -0.378 e. The van der Waals surface area contributed by atoms with Crippen molar-refractivity contribution in [2.45, 2.75) is 51.7 Å². The number of ether oxygens (including phenoxy) is 1. The van der Waals surface area contributed by atoms with E-state index in [0.29, 0.717) is 6.10 Å². The maximum absolute atomic E-state index is 5.68. The fourth-order valence-electron chi connectivity index (χ4n) is 2.40. The van der Waals surface area contributed by atoms with Crippen LogP contribution in [0.15, 0.2) is 5.38 Å². The molecule has 0 saturated heterocycles. The van der Waals surface area contributed by atoms with Crippen molar-refractivity contribution in [2.24, 2.45) is 0 Å². The molecule has 0 amide bonds. The molecule has 0 radical (unpaired) electrons. The van der Waals surface area contributed by atoms with Crippen LogP contribution in [-0.4, -0.2) is 24.2 Å². The first-order chi connectivity index (χ1) is 8.20. The second kappa shape index (κ2) is 5.46. The zero-order chi connectivity index (χ0) is 12.3. The molecule has 0 unspecified atom stereocenters. The van der Waals surface area contributed by atoms with Crippen molar-refractivity contribution in [3.63, 3.8) is 0 Å². The van der Waals surface area contributed by atoms with E-state index in [2.05, 4.69) is 36.5 Å². The number of thiazole rings is 1. The van der Waals surface area contributed by atoms with Gasteiger partial charge in [0.1, 0.15) is 5.01 Å². The Morgan fingerprint density at radius 2 is 2.29 bits per heavy atom. The molecule has 1 heterocycles. The van der Waals surface area contributed by atoms with Gasteiger partial charge in [0.15, 0.2) is 0 Å². The van der Waals surface area contributed by atoms with Gasteiger partial charge in [-0.3, -0.25) is 0 Å². The van der Waals surface area contributed by atoms with Gasteiger partial charge in [0.2, 0.25) is 0 Å². The summed E-state index contributed by atoms with van der Waals surface area (Å²) in [6.07, 6.45) is 3.70. The molecule has 1 aliphatic carbocycles. The number of nitrogens with one attached hydrogen (secondary N) is 1. The van der Waals surface area contributed by atoms with Crippen LogP contribution in [0.2, 0.25) is 0 Å². The molecule has 0 spiro atoms. The van der Waals surface area contributed by atoms with E-state index in [1.165, 1.54) is 5.01 Å². The van der Waals surface area contributed by atoms with Gasteiger partial charge in [0.05, 0.1) is 11.6 Å². The van der Waals surface area contributed by atoms with Crippen molar-refractivity contribution < 1.29 is 4.74 Å². The number of aromatic nitrogens is 1. The van der Waals surface area contributed by atoms with E-state index < -0.39 is 0 Å². The van der Waals surface area contributed by atoms with Crippen LogP contribution >= 0.6 is 11.3 Å². The Bertz CT molecular complexity index is 358. The van der Waals surface area contributed by atoms with Gasteiger partial charge in [0.25, 0.3) is 0 Å². The Labute approximate surface area is 108 Å². The molecule has 0 bridgehead atoms. The molecule has 1 aromatic heterocycles. The first-order valence-corrected chi connectivity index (χ1v) is 7.37. The highest BCUT2D eigenvalue weighted by atomic mass is 32.1. The Morgan fingerprint density at radius 3 is 2.82 bits per heavy atom. The van der Waals surface area contributed by atoms with E-state index >= 15 is 0 Å². The summed E-state index contributed by atoms with van der Waals surface area (Å²) in [4.78, 5) is 4.65. The van der Waals surface area contributed by atoms with Crippen LogP contribution in [0.3, 0.4) is 0 Å². The molecule has 17 heavy (non-hydrogen) atoms. The standard InChI is InChI=1S/C13H22N2OS/c1-4-6-14-13(7-11(8-13)16-5-2)12-15-10(3)9-17-12/h9,11,14H,4-8H2,1-3H3. The smallest absolute Gasteiger partial charge is 0.113 e. The summed E-state index contributed by atoms with van der Waals surface area (Å²) >= 11 is 1.77. The minimum absolute atomic E-state index is 0.0920. The van der Waals surface area contributed by atoms with Crippen molar-refractivity contribution >= 4 is 11.3 Å². The van der Waals surface area contributed by atoms with Crippen LogP contribution in [0.5, 0.6) is 0 Å². The van der Waals surface area contributed by atoms with Gasteiger partial charge >= 0.3 is 0 Å². The quantitative estimate of drug-likeness (QED) is 0.847. The summed E-state index contributed by atoms with van der Waals surface area (Å²) in [6, 6.07) is 0. The molecule has 1 fully saturated rings.